The molecule has 0 spiro atoms. The van der Waals surface area contributed by atoms with Crippen LogP contribution in [0.5, 0.6) is 0 Å². The van der Waals surface area contributed by atoms with Gasteiger partial charge >= 0.3 is 11.9 Å². The maximum Gasteiger partial charge on any atom is 0.330 e. The third-order valence-electron chi connectivity index (χ3n) is 4.76. The van der Waals surface area contributed by atoms with Crippen LogP contribution in [0.15, 0.2) is 24.3 Å². The van der Waals surface area contributed by atoms with Gasteiger partial charge in [0.15, 0.2) is 0 Å². The van der Waals surface area contributed by atoms with Crippen LogP contribution in [0.3, 0.4) is 0 Å². The predicted molar refractivity (Wildman–Crippen MR) is 109 cm³/mol. The summed E-state index contributed by atoms with van der Waals surface area (Å²) in [7, 11) is 0. The minimum absolute atomic E-state index is 0.350. The molecule has 0 aliphatic heterocycles. The lowest BCUT2D eigenvalue weighted by molar-refractivity contribution is -0.133. The van der Waals surface area contributed by atoms with E-state index in [2.05, 4.69) is 40.9 Å². The van der Waals surface area contributed by atoms with Crippen molar-refractivity contribution in [2.24, 2.45) is 11.8 Å². The molecule has 2 N–H and O–H groups in total. The van der Waals surface area contributed by atoms with E-state index >= 15 is 0 Å². The number of carboxylic acids is 2. The van der Waals surface area contributed by atoms with Crippen molar-refractivity contribution in [1.82, 2.24) is 0 Å². The molecule has 0 radical (unpaired) electrons. The Morgan fingerprint density at radius 3 is 1.23 bits per heavy atom. The van der Waals surface area contributed by atoms with Crippen LogP contribution in [0.4, 0.5) is 0 Å². The van der Waals surface area contributed by atoms with Crippen molar-refractivity contribution in [3.05, 3.63) is 24.3 Å². The summed E-state index contributed by atoms with van der Waals surface area (Å²) in [5.74, 6) is -0.697. The molecule has 4 heteroatoms. The summed E-state index contributed by atoms with van der Waals surface area (Å²) in [6.07, 6.45) is 10.4. The van der Waals surface area contributed by atoms with Crippen molar-refractivity contribution in [2.75, 3.05) is 0 Å². The first kappa shape index (κ1) is 26.6. The third-order valence-corrected chi connectivity index (χ3v) is 4.76. The Kier molecular flexibility index (Phi) is 17.3. The van der Waals surface area contributed by atoms with Gasteiger partial charge in [0.2, 0.25) is 0 Å². The van der Waals surface area contributed by atoms with E-state index < -0.39 is 11.9 Å². The highest BCUT2D eigenvalue weighted by Gasteiger charge is 2.12. The van der Waals surface area contributed by atoms with E-state index in [4.69, 9.17) is 10.2 Å². The third kappa shape index (κ3) is 14.7. The largest absolute Gasteiger partial charge is 0.478 e. The molecule has 0 aliphatic carbocycles. The monoisotopic (exact) mass is 368 g/mol. The van der Waals surface area contributed by atoms with E-state index in [0.717, 1.165) is 25.7 Å². The van der Waals surface area contributed by atoms with E-state index in [9.17, 15) is 9.59 Å². The topological polar surface area (TPSA) is 74.6 Å². The summed E-state index contributed by atoms with van der Waals surface area (Å²) < 4.78 is 0. The SMILES string of the molecule is C=C(CC(CC)CCCC)C(=O)O.C=C(CC(CC)CCCC)C(=O)O. The molecule has 0 aromatic rings. The second-order valence-electron chi connectivity index (χ2n) is 7.06. The maximum absolute atomic E-state index is 10.5. The fourth-order valence-corrected chi connectivity index (χ4v) is 2.76. The van der Waals surface area contributed by atoms with Crippen LogP contribution in [0.2, 0.25) is 0 Å². The van der Waals surface area contributed by atoms with Gasteiger partial charge in [0, 0.05) is 11.1 Å². The molecule has 0 aliphatic rings. The van der Waals surface area contributed by atoms with Gasteiger partial charge in [-0.2, -0.15) is 0 Å². The highest BCUT2D eigenvalue weighted by atomic mass is 16.4. The predicted octanol–water partition coefficient (Wildman–Crippen LogP) is 6.47. The van der Waals surface area contributed by atoms with Gasteiger partial charge in [-0.1, -0.05) is 92.2 Å². The number of hydrogen-bond donors (Lipinski definition) is 2. The van der Waals surface area contributed by atoms with Crippen LogP contribution >= 0.6 is 0 Å². The van der Waals surface area contributed by atoms with Gasteiger partial charge in [0.1, 0.15) is 0 Å². The Hall–Kier alpha value is -1.58. The zero-order chi connectivity index (χ0) is 20.5. The fraction of sp³-hybridized carbons (Fsp3) is 0.727. The average Bonchev–Trinajstić information content (AvgIpc) is 2.61. The Morgan fingerprint density at radius 1 is 0.731 bits per heavy atom. The molecule has 2 atom stereocenters. The lowest BCUT2D eigenvalue weighted by atomic mass is 9.92. The van der Waals surface area contributed by atoms with Gasteiger partial charge in [-0.25, -0.2) is 9.59 Å². The number of carboxylic acid groups (broad SMARTS) is 2. The van der Waals surface area contributed by atoms with Crippen molar-refractivity contribution in [3.8, 4) is 0 Å². The molecule has 0 aromatic carbocycles. The van der Waals surface area contributed by atoms with Gasteiger partial charge in [-0.3, -0.25) is 0 Å². The molecule has 26 heavy (non-hydrogen) atoms. The first-order valence-corrected chi connectivity index (χ1v) is 10.0. The molecule has 0 saturated carbocycles. The molecular formula is C22H40O4. The van der Waals surface area contributed by atoms with Gasteiger partial charge in [0.05, 0.1) is 0 Å². The Bertz CT molecular complexity index is 386. The molecule has 0 saturated heterocycles. The molecule has 4 nitrogen and oxygen atoms in total. The molecule has 0 bridgehead atoms. The zero-order valence-corrected chi connectivity index (χ0v) is 17.4. The second-order valence-corrected chi connectivity index (χ2v) is 7.06. The molecule has 152 valence electrons. The van der Waals surface area contributed by atoms with Crippen LogP contribution in [-0.4, -0.2) is 22.2 Å². The van der Waals surface area contributed by atoms with Crippen LogP contribution in [-0.2, 0) is 9.59 Å². The van der Waals surface area contributed by atoms with Crippen molar-refractivity contribution in [3.63, 3.8) is 0 Å². The van der Waals surface area contributed by atoms with Crippen molar-refractivity contribution >= 4 is 11.9 Å². The first-order chi connectivity index (χ1) is 12.2. The van der Waals surface area contributed by atoms with Crippen molar-refractivity contribution in [2.45, 2.75) is 91.9 Å². The molecule has 0 aromatic heterocycles. The molecule has 0 heterocycles. The molecule has 0 fully saturated rings. The lowest BCUT2D eigenvalue weighted by Crippen LogP contribution is -2.06. The van der Waals surface area contributed by atoms with Gasteiger partial charge in [-0.15, -0.1) is 0 Å². The summed E-state index contributed by atoms with van der Waals surface area (Å²) in [4.78, 5) is 21.0. The molecule has 0 amide bonds. The number of rotatable bonds is 14. The minimum Gasteiger partial charge on any atom is -0.478 e. The highest BCUT2D eigenvalue weighted by molar-refractivity contribution is 5.86. The van der Waals surface area contributed by atoms with Gasteiger partial charge in [0.25, 0.3) is 0 Å². The lowest BCUT2D eigenvalue weighted by Gasteiger charge is -2.13. The number of hydrogen-bond acceptors (Lipinski definition) is 2. The first-order valence-electron chi connectivity index (χ1n) is 10.0. The van der Waals surface area contributed by atoms with Crippen molar-refractivity contribution < 1.29 is 19.8 Å². The van der Waals surface area contributed by atoms with Gasteiger partial charge < -0.3 is 10.2 Å². The summed E-state index contributed by atoms with van der Waals surface area (Å²) in [5, 5.41) is 17.3. The summed E-state index contributed by atoms with van der Waals surface area (Å²) in [5.41, 5.74) is 0.700. The normalized spacial score (nSPS) is 12.5. The Balaban J connectivity index is 0. The Morgan fingerprint density at radius 2 is 1.04 bits per heavy atom. The van der Waals surface area contributed by atoms with E-state index in [0.29, 0.717) is 35.8 Å². The maximum atomic E-state index is 10.5. The average molecular weight is 369 g/mol. The van der Waals surface area contributed by atoms with Crippen LogP contribution in [0, 0.1) is 11.8 Å². The van der Waals surface area contributed by atoms with Crippen LogP contribution in [0.25, 0.3) is 0 Å². The number of aliphatic carboxylic acids is 2. The zero-order valence-electron chi connectivity index (χ0n) is 17.4. The molecular weight excluding hydrogens is 328 g/mol. The minimum atomic E-state index is -0.852. The molecule has 0 rings (SSSR count). The van der Waals surface area contributed by atoms with Crippen LogP contribution < -0.4 is 0 Å². The summed E-state index contributed by atoms with van der Waals surface area (Å²) in [6, 6.07) is 0. The summed E-state index contributed by atoms with van der Waals surface area (Å²) >= 11 is 0. The quantitative estimate of drug-likeness (QED) is 0.345. The van der Waals surface area contributed by atoms with E-state index in [1.165, 1.54) is 25.7 Å². The fourth-order valence-electron chi connectivity index (χ4n) is 2.76. The molecule has 2 unspecified atom stereocenters. The number of unbranched alkanes of at least 4 members (excludes halogenated alkanes) is 2. The van der Waals surface area contributed by atoms with Gasteiger partial charge in [-0.05, 0) is 24.7 Å². The smallest absolute Gasteiger partial charge is 0.330 e. The summed E-state index contributed by atoms with van der Waals surface area (Å²) in [6.45, 7) is 15.6. The van der Waals surface area contributed by atoms with Crippen molar-refractivity contribution in [1.29, 1.82) is 0 Å². The van der Waals surface area contributed by atoms with E-state index in [1.54, 1.807) is 0 Å². The second kappa shape index (κ2) is 16.9. The van der Waals surface area contributed by atoms with Crippen LogP contribution in [0.1, 0.15) is 91.9 Å². The highest BCUT2D eigenvalue weighted by Crippen LogP contribution is 2.21. The van der Waals surface area contributed by atoms with E-state index in [-0.39, 0.29) is 0 Å². The van der Waals surface area contributed by atoms with E-state index in [1.807, 2.05) is 0 Å². The Labute approximate surface area is 160 Å². The standard InChI is InChI=1S/2C11H20O2/c2*1-4-6-7-10(5-2)8-9(3)11(12)13/h2*10H,3-8H2,1-2H3,(H,12,13). The number of carbonyl (C=O) groups is 2.